The number of rotatable bonds is 5. The first-order valence-electron chi connectivity index (χ1n) is 6.40. The Morgan fingerprint density at radius 2 is 2.42 bits per heavy atom. The normalized spacial score (nSPS) is 28.7. The molecule has 5 nitrogen and oxygen atoms in total. The highest BCUT2D eigenvalue weighted by atomic mass is 32.1. The first-order valence-corrected chi connectivity index (χ1v) is 7.34. The quantitative estimate of drug-likeness (QED) is 0.858. The van der Waals surface area contributed by atoms with Gasteiger partial charge in [-0.15, -0.1) is 11.3 Å². The minimum Gasteiger partial charge on any atom is -0.394 e. The number of aliphatic hydroxyl groups is 1. The second-order valence-electron chi connectivity index (χ2n) is 5.44. The molecule has 0 bridgehead atoms. The largest absolute Gasteiger partial charge is 0.394 e. The third-order valence-corrected chi connectivity index (χ3v) is 4.81. The Morgan fingerprint density at radius 1 is 1.68 bits per heavy atom. The van der Waals surface area contributed by atoms with Crippen LogP contribution in [0.3, 0.4) is 0 Å². The van der Waals surface area contributed by atoms with E-state index in [0.29, 0.717) is 18.7 Å². The van der Waals surface area contributed by atoms with Gasteiger partial charge in [-0.05, 0) is 6.92 Å². The molecule has 1 amide bonds. The molecule has 0 spiro atoms. The van der Waals surface area contributed by atoms with Crippen molar-refractivity contribution < 1.29 is 14.6 Å². The highest BCUT2D eigenvalue weighted by molar-refractivity contribution is 7.07. The molecule has 1 aliphatic carbocycles. The summed E-state index contributed by atoms with van der Waals surface area (Å²) in [5, 5.41) is 14.4. The second-order valence-corrected chi connectivity index (χ2v) is 6.16. The fourth-order valence-electron chi connectivity index (χ4n) is 2.61. The van der Waals surface area contributed by atoms with E-state index in [4.69, 9.17) is 4.74 Å². The summed E-state index contributed by atoms with van der Waals surface area (Å²) in [4.78, 5) is 16.1. The number of aliphatic hydroxyl groups excluding tert-OH is 1. The van der Waals surface area contributed by atoms with Gasteiger partial charge in [-0.25, -0.2) is 4.98 Å². The van der Waals surface area contributed by atoms with Gasteiger partial charge in [0.05, 0.1) is 23.8 Å². The minimum absolute atomic E-state index is 0.0559. The van der Waals surface area contributed by atoms with Gasteiger partial charge in [0, 0.05) is 23.8 Å². The van der Waals surface area contributed by atoms with Crippen LogP contribution < -0.4 is 5.32 Å². The Hall–Kier alpha value is -0.980. The third kappa shape index (κ3) is 2.28. The molecule has 1 saturated carbocycles. The molecule has 1 aromatic rings. The van der Waals surface area contributed by atoms with Gasteiger partial charge in [0.2, 0.25) is 0 Å². The van der Waals surface area contributed by atoms with Crippen LogP contribution in [0.25, 0.3) is 0 Å². The van der Waals surface area contributed by atoms with Gasteiger partial charge in [-0.3, -0.25) is 4.79 Å². The fraction of sp³-hybridized carbons (Fsp3) is 0.692. The topological polar surface area (TPSA) is 71.5 Å². The van der Waals surface area contributed by atoms with Crippen LogP contribution in [-0.2, 0) is 4.74 Å². The zero-order valence-corrected chi connectivity index (χ0v) is 12.3. The summed E-state index contributed by atoms with van der Waals surface area (Å²) in [5.41, 5.74) is 1.08. The summed E-state index contributed by atoms with van der Waals surface area (Å²) in [5.74, 6) is -0.238. The van der Waals surface area contributed by atoms with E-state index in [2.05, 4.69) is 10.3 Å². The molecule has 2 N–H and O–H groups in total. The summed E-state index contributed by atoms with van der Waals surface area (Å²) in [6, 6.07) is 0. The van der Waals surface area contributed by atoms with E-state index in [1.54, 1.807) is 10.9 Å². The number of ether oxygens (including phenoxy) is 1. The van der Waals surface area contributed by atoms with Crippen LogP contribution in [0.4, 0.5) is 0 Å². The highest BCUT2D eigenvalue weighted by Crippen LogP contribution is 2.51. The average molecular weight is 284 g/mol. The lowest BCUT2D eigenvalue weighted by Crippen LogP contribution is -2.74. The van der Waals surface area contributed by atoms with Crippen molar-refractivity contribution in [2.24, 2.45) is 5.41 Å². The molecule has 19 heavy (non-hydrogen) atoms. The molecule has 0 saturated heterocycles. The molecule has 2 rings (SSSR count). The van der Waals surface area contributed by atoms with Crippen molar-refractivity contribution >= 4 is 17.2 Å². The average Bonchev–Trinajstić information content (AvgIpc) is 2.90. The van der Waals surface area contributed by atoms with E-state index in [-0.39, 0.29) is 24.0 Å². The van der Waals surface area contributed by atoms with Crippen molar-refractivity contribution in [3.63, 3.8) is 0 Å². The van der Waals surface area contributed by atoms with Crippen molar-refractivity contribution in [3.8, 4) is 0 Å². The lowest BCUT2D eigenvalue weighted by atomic mass is 9.54. The summed E-state index contributed by atoms with van der Waals surface area (Å²) >= 11 is 1.38. The SMILES string of the molecule is CCO[C@H]1C[C@@](CO)(NC(=O)c2cscn2)C1(C)C. The third-order valence-electron chi connectivity index (χ3n) is 4.23. The number of carbonyl (C=O) groups is 1. The Kier molecular flexibility index (Phi) is 3.94. The van der Waals surface area contributed by atoms with Crippen LogP contribution in [0.2, 0.25) is 0 Å². The van der Waals surface area contributed by atoms with Crippen LogP contribution in [0, 0.1) is 5.41 Å². The molecule has 2 atom stereocenters. The zero-order chi connectivity index (χ0) is 14.1. The molecule has 1 heterocycles. The number of amides is 1. The predicted molar refractivity (Wildman–Crippen MR) is 73.2 cm³/mol. The number of carbonyl (C=O) groups excluding carboxylic acids is 1. The molecule has 1 aromatic heterocycles. The number of nitrogens with one attached hydrogen (secondary N) is 1. The summed E-state index contributed by atoms with van der Waals surface area (Å²) < 4.78 is 5.65. The maximum absolute atomic E-state index is 12.1. The number of aromatic nitrogens is 1. The standard InChI is InChI=1S/C13H20N2O3S/c1-4-18-10-5-13(7-16,12(10,2)3)15-11(17)9-6-19-8-14-9/h6,8,10,16H,4-5,7H2,1-3H3,(H,15,17)/t10-,13-/m0/s1. The van der Waals surface area contributed by atoms with Crippen molar-refractivity contribution in [2.75, 3.05) is 13.2 Å². The van der Waals surface area contributed by atoms with Gasteiger partial charge in [-0.1, -0.05) is 13.8 Å². The number of thiazole rings is 1. The van der Waals surface area contributed by atoms with Gasteiger partial charge in [0.1, 0.15) is 5.69 Å². The van der Waals surface area contributed by atoms with Crippen LogP contribution in [-0.4, -0.2) is 40.9 Å². The zero-order valence-electron chi connectivity index (χ0n) is 11.5. The maximum atomic E-state index is 12.1. The molecule has 0 radical (unpaired) electrons. The number of nitrogens with zero attached hydrogens (tertiary/aromatic N) is 1. The Labute approximate surface area is 117 Å². The molecule has 6 heteroatoms. The lowest BCUT2D eigenvalue weighted by molar-refractivity contribution is -0.172. The van der Waals surface area contributed by atoms with Crippen molar-refractivity contribution in [2.45, 2.75) is 38.8 Å². The molecule has 0 unspecified atom stereocenters. The van der Waals surface area contributed by atoms with Crippen LogP contribution in [0.1, 0.15) is 37.7 Å². The van der Waals surface area contributed by atoms with Crippen molar-refractivity contribution in [3.05, 3.63) is 16.6 Å². The summed E-state index contributed by atoms with van der Waals surface area (Å²) in [6.45, 7) is 6.50. The number of hydrogen-bond donors (Lipinski definition) is 2. The van der Waals surface area contributed by atoms with E-state index >= 15 is 0 Å². The maximum Gasteiger partial charge on any atom is 0.271 e. The molecular weight excluding hydrogens is 264 g/mol. The van der Waals surface area contributed by atoms with Crippen molar-refractivity contribution in [1.82, 2.24) is 10.3 Å². The monoisotopic (exact) mass is 284 g/mol. The van der Waals surface area contributed by atoms with E-state index in [1.165, 1.54) is 11.3 Å². The summed E-state index contributed by atoms with van der Waals surface area (Å²) in [6.07, 6.45) is 0.681. The Bertz CT molecular complexity index is 447. The molecule has 106 valence electrons. The first-order chi connectivity index (χ1) is 8.97. The molecule has 1 fully saturated rings. The smallest absolute Gasteiger partial charge is 0.271 e. The van der Waals surface area contributed by atoms with E-state index in [0.717, 1.165) is 0 Å². The van der Waals surface area contributed by atoms with Crippen LogP contribution in [0.5, 0.6) is 0 Å². The summed E-state index contributed by atoms with van der Waals surface area (Å²) in [7, 11) is 0. The van der Waals surface area contributed by atoms with Gasteiger partial charge >= 0.3 is 0 Å². The van der Waals surface area contributed by atoms with Crippen molar-refractivity contribution in [1.29, 1.82) is 0 Å². The fourth-order valence-corrected chi connectivity index (χ4v) is 3.14. The van der Waals surface area contributed by atoms with Gasteiger partial charge in [-0.2, -0.15) is 0 Å². The Balaban J connectivity index is 2.11. The van der Waals surface area contributed by atoms with Gasteiger partial charge < -0.3 is 15.2 Å². The van der Waals surface area contributed by atoms with Crippen LogP contribution in [0.15, 0.2) is 10.9 Å². The second kappa shape index (κ2) is 5.19. The van der Waals surface area contributed by atoms with Crippen LogP contribution >= 0.6 is 11.3 Å². The molecule has 0 aliphatic heterocycles. The molecule has 1 aliphatic rings. The molecule has 0 aromatic carbocycles. The minimum atomic E-state index is -0.631. The lowest BCUT2D eigenvalue weighted by Gasteiger charge is -2.60. The van der Waals surface area contributed by atoms with Gasteiger partial charge in [0.25, 0.3) is 5.91 Å². The predicted octanol–water partition coefficient (Wildman–Crippen LogP) is 1.44. The van der Waals surface area contributed by atoms with E-state index in [9.17, 15) is 9.90 Å². The van der Waals surface area contributed by atoms with E-state index < -0.39 is 5.54 Å². The number of hydrogen-bond acceptors (Lipinski definition) is 5. The first kappa shape index (κ1) is 14.4. The van der Waals surface area contributed by atoms with E-state index in [1.807, 2.05) is 20.8 Å². The Morgan fingerprint density at radius 3 is 2.89 bits per heavy atom. The highest BCUT2D eigenvalue weighted by Gasteiger charge is 2.61. The molecular formula is C13H20N2O3S. The van der Waals surface area contributed by atoms with Gasteiger partial charge in [0.15, 0.2) is 0 Å².